The van der Waals surface area contributed by atoms with E-state index in [9.17, 15) is 9.18 Å². The van der Waals surface area contributed by atoms with E-state index in [0.29, 0.717) is 21.9 Å². The van der Waals surface area contributed by atoms with Crippen molar-refractivity contribution in [3.05, 3.63) is 58.5 Å². The number of ether oxygens (including phenoxy) is 1. The molecule has 0 fully saturated rings. The SMILES string of the molecule is CCC(CC)=Nn1c(-c2ccc3c(c2)NC(=O)CO3)csc1=Nc1ccc(F)cc1. The summed E-state index contributed by atoms with van der Waals surface area (Å²) in [7, 11) is 0. The second-order valence-corrected chi connectivity index (χ2v) is 7.56. The molecular formula is C22H21FN4O2S. The number of anilines is 1. The van der Waals surface area contributed by atoms with Gasteiger partial charge in [-0.2, -0.15) is 5.10 Å². The van der Waals surface area contributed by atoms with Crippen molar-refractivity contribution < 1.29 is 13.9 Å². The first-order valence-corrected chi connectivity index (χ1v) is 10.6. The Bertz CT molecular complexity index is 1170. The highest BCUT2D eigenvalue weighted by molar-refractivity contribution is 7.07. The normalized spacial score (nSPS) is 13.4. The molecule has 6 nitrogen and oxygen atoms in total. The van der Waals surface area contributed by atoms with Crippen molar-refractivity contribution in [1.29, 1.82) is 0 Å². The molecule has 0 bridgehead atoms. The average Bonchev–Trinajstić information content (AvgIpc) is 3.15. The summed E-state index contributed by atoms with van der Waals surface area (Å²) in [5.41, 5.74) is 4.04. The Morgan fingerprint density at radius 2 is 1.97 bits per heavy atom. The fourth-order valence-corrected chi connectivity index (χ4v) is 3.92. The predicted molar refractivity (Wildman–Crippen MR) is 117 cm³/mol. The van der Waals surface area contributed by atoms with Gasteiger partial charge in [0.25, 0.3) is 5.91 Å². The maximum absolute atomic E-state index is 13.3. The fourth-order valence-electron chi connectivity index (χ4n) is 3.07. The lowest BCUT2D eigenvalue weighted by molar-refractivity contribution is -0.118. The molecule has 0 saturated heterocycles. The number of benzene rings is 2. The molecule has 0 radical (unpaired) electrons. The monoisotopic (exact) mass is 424 g/mol. The quantitative estimate of drug-likeness (QED) is 0.589. The molecule has 8 heteroatoms. The molecule has 154 valence electrons. The number of thiazole rings is 1. The second-order valence-electron chi connectivity index (χ2n) is 6.72. The van der Waals surface area contributed by atoms with Crippen LogP contribution in [0.1, 0.15) is 26.7 Å². The van der Waals surface area contributed by atoms with Crippen molar-refractivity contribution in [3.8, 4) is 17.0 Å². The van der Waals surface area contributed by atoms with Crippen molar-refractivity contribution in [1.82, 2.24) is 4.68 Å². The predicted octanol–water partition coefficient (Wildman–Crippen LogP) is 4.94. The minimum absolute atomic E-state index is 0.0200. The van der Waals surface area contributed by atoms with E-state index in [1.807, 2.05) is 28.3 Å². The van der Waals surface area contributed by atoms with Crippen LogP contribution in [-0.4, -0.2) is 22.9 Å². The first-order valence-electron chi connectivity index (χ1n) is 9.72. The Morgan fingerprint density at radius 1 is 1.20 bits per heavy atom. The highest BCUT2D eigenvalue weighted by Gasteiger charge is 2.18. The molecule has 0 unspecified atom stereocenters. The van der Waals surface area contributed by atoms with Crippen LogP contribution >= 0.6 is 11.3 Å². The van der Waals surface area contributed by atoms with Gasteiger partial charge < -0.3 is 10.1 Å². The summed E-state index contributed by atoms with van der Waals surface area (Å²) in [5.74, 6) is 0.161. The van der Waals surface area contributed by atoms with E-state index in [2.05, 4.69) is 24.2 Å². The minimum atomic E-state index is -0.302. The number of halogens is 1. The van der Waals surface area contributed by atoms with Gasteiger partial charge in [0.05, 0.1) is 17.1 Å². The molecule has 2 heterocycles. The maximum Gasteiger partial charge on any atom is 0.262 e. The lowest BCUT2D eigenvalue weighted by atomic mass is 10.1. The molecule has 3 aromatic rings. The first kappa shape index (κ1) is 20.0. The highest BCUT2D eigenvalue weighted by atomic mass is 32.1. The minimum Gasteiger partial charge on any atom is -0.482 e. The van der Waals surface area contributed by atoms with Gasteiger partial charge in [0.15, 0.2) is 6.61 Å². The molecule has 0 aliphatic carbocycles. The van der Waals surface area contributed by atoms with Gasteiger partial charge in [0.1, 0.15) is 11.6 Å². The molecule has 4 rings (SSSR count). The zero-order valence-electron chi connectivity index (χ0n) is 16.7. The van der Waals surface area contributed by atoms with E-state index in [-0.39, 0.29) is 18.3 Å². The number of rotatable bonds is 5. The van der Waals surface area contributed by atoms with Crippen LogP contribution in [0.3, 0.4) is 0 Å². The van der Waals surface area contributed by atoms with Gasteiger partial charge in [-0.1, -0.05) is 13.8 Å². The summed E-state index contributed by atoms with van der Waals surface area (Å²) in [6, 6.07) is 11.7. The van der Waals surface area contributed by atoms with Crippen LogP contribution in [0.5, 0.6) is 5.75 Å². The molecular weight excluding hydrogens is 403 g/mol. The number of amides is 1. The van der Waals surface area contributed by atoms with Gasteiger partial charge in [0.2, 0.25) is 4.80 Å². The van der Waals surface area contributed by atoms with E-state index < -0.39 is 0 Å². The Hall–Kier alpha value is -3.26. The maximum atomic E-state index is 13.3. The van der Waals surface area contributed by atoms with Crippen LogP contribution in [0, 0.1) is 5.82 Å². The van der Waals surface area contributed by atoms with Crippen LogP contribution in [-0.2, 0) is 4.79 Å². The third kappa shape index (κ3) is 4.18. The Morgan fingerprint density at radius 3 is 2.70 bits per heavy atom. The van der Waals surface area contributed by atoms with Gasteiger partial charge in [-0.25, -0.2) is 14.1 Å². The summed E-state index contributed by atoms with van der Waals surface area (Å²) in [6.45, 7) is 4.15. The summed E-state index contributed by atoms with van der Waals surface area (Å²) in [4.78, 5) is 17.0. The lowest BCUT2D eigenvalue weighted by Gasteiger charge is -2.18. The summed E-state index contributed by atoms with van der Waals surface area (Å²) in [5, 5.41) is 9.64. The smallest absolute Gasteiger partial charge is 0.262 e. The molecule has 0 spiro atoms. The Balaban J connectivity index is 1.85. The van der Waals surface area contributed by atoms with Crippen molar-refractivity contribution in [2.75, 3.05) is 11.9 Å². The Kier molecular flexibility index (Phi) is 5.76. The number of nitrogens with one attached hydrogen (secondary N) is 1. The van der Waals surface area contributed by atoms with Crippen LogP contribution in [0.15, 0.2) is 57.9 Å². The first-order chi connectivity index (χ1) is 14.6. The summed E-state index contributed by atoms with van der Waals surface area (Å²) in [6.07, 6.45) is 1.64. The number of fused-ring (bicyclic) bond motifs is 1. The number of carbonyl (C=O) groups excluding carboxylic acids is 1. The number of hydrogen-bond acceptors (Lipinski definition) is 5. The number of carbonyl (C=O) groups is 1. The van der Waals surface area contributed by atoms with Gasteiger partial charge >= 0.3 is 0 Å². The van der Waals surface area contributed by atoms with Crippen molar-refractivity contribution in [2.45, 2.75) is 26.7 Å². The fraction of sp³-hybridized carbons (Fsp3) is 0.227. The molecule has 1 aromatic heterocycles. The van der Waals surface area contributed by atoms with E-state index in [4.69, 9.17) is 9.84 Å². The van der Waals surface area contributed by atoms with E-state index in [1.165, 1.54) is 23.5 Å². The molecule has 2 aromatic carbocycles. The molecule has 0 saturated carbocycles. The molecule has 1 N–H and O–H groups in total. The third-order valence-electron chi connectivity index (χ3n) is 4.70. The molecule has 1 aliphatic heterocycles. The topological polar surface area (TPSA) is 68.0 Å². The van der Waals surface area contributed by atoms with Gasteiger partial charge in [-0.15, -0.1) is 11.3 Å². The number of hydrogen-bond donors (Lipinski definition) is 1. The zero-order valence-corrected chi connectivity index (χ0v) is 17.5. The van der Waals surface area contributed by atoms with Gasteiger partial charge in [0, 0.05) is 16.7 Å². The van der Waals surface area contributed by atoms with Crippen molar-refractivity contribution >= 4 is 34.3 Å². The standard InChI is InChI=1S/C22H21FN4O2S/c1-3-16(4-2)26-27-19(13-30-22(27)24-17-8-6-15(23)7-9-17)14-5-10-20-18(11-14)25-21(28)12-29-20/h5-11,13H,3-4,12H2,1-2H3,(H,25,28). The highest BCUT2D eigenvalue weighted by Crippen LogP contribution is 2.33. The molecule has 1 aliphatic rings. The van der Waals surface area contributed by atoms with E-state index in [1.54, 1.807) is 12.1 Å². The summed E-state index contributed by atoms with van der Waals surface area (Å²) < 4.78 is 20.5. The van der Waals surface area contributed by atoms with Crippen LogP contribution < -0.4 is 14.9 Å². The van der Waals surface area contributed by atoms with Crippen LogP contribution in [0.25, 0.3) is 11.3 Å². The molecule has 0 atom stereocenters. The van der Waals surface area contributed by atoms with E-state index in [0.717, 1.165) is 29.8 Å². The van der Waals surface area contributed by atoms with Crippen molar-refractivity contribution in [2.24, 2.45) is 10.1 Å². The number of aromatic nitrogens is 1. The van der Waals surface area contributed by atoms with Gasteiger partial charge in [-0.05, 0) is 55.3 Å². The van der Waals surface area contributed by atoms with Crippen LogP contribution in [0.2, 0.25) is 0 Å². The van der Waals surface area contributed by atoms with Crippen molar-refractivity contribution in [3.63, 3.8) is 0 Å². The summed E-state index contributed by atoms with van der Waals surface area (Å²) >= 11 is 1.45. The Labute approximate surface area is 177 Å². The van der Waals surface area contributed by atoms with E-state index >= 15 is 0 Å². The average molecular weight is 425 g/mol. The second kappa shape index (κ2) is 8.62. The zero-order chi connectivity index (χ0) is 21.1. The van der Waals surface area contributed by atoms with Crippen LogP contribution in [0.4, 0.5) is 15.8 Å². The van der Waals surface area contributed by atoms with Gasteiger partial charge in [-0.3, -0.25) is 4.79 Å². The third-order valence-corrected chi connectivity index (χ3v) is 5.52. The lowest BCUT2D eigenvalue weighted by Crippen LogP contribution is -2.25. The largest absolute Gasteiger partial charge is 0.482 e. The molecule has 30 heavy (non-hydrogen) atoms. The molecule has 1 amide bonds. The number of nitrogens with zero attached hydrogens (tertiary/aromatic N) is 3.